The summed E-state index contributed by atoms with van der Waals surface area (Å²) in [5.74, 6) is 0. The second kappa shape index (κ2) is 5.27. The SMILES string of the molecule is Nc1nnc(CCCc2ccc(Cl)cc2)s1. The molecular formula is C11H12ClN3S. The zero-order chi connectivity index (χ0) is 11.4. The Labute approximate surface area is 103 Å². The van der Waals surface area contributed by atoms with Crippen LogP contribution < -0.4 is 5.73 Å². The van der Waals surface area contributed by atoms with Gasteiger partial charge in [0.1, 0.15) is 5.01 Å². The van der Waals surface area contributed by atoms with E-state index in [1.54, 1.807) is 0 Å². The van der Waals surface area contributed by atoms with Gasteiger partial charge in [-0.2, -0.15) is 0 Å². The van der Waals surface area contributed by atoms with Crippen LogP contribution in [0, 0.1) is 0 Å². The fraction of sp³-hybridized carbons (Fsp3) is 0.273. The highest BCUT2D eigenvalue weighted by Gasteiger charge is 2.01. The number of halogens is 1. The predicted octanol–water partition coefficient (Wildman–Crippen LogP) is 2.95. The number of benzene rings is 1. The van der Waals surface area contributed by atoms with Gasteiger partial charge in [0.15, 0.2) is 0 Å². The molecule has 2 N–H and O–H groups in total. The van der Waals surface area contributed by atoms with Crippen molar-refractivity contribution >= 4 is 28.1 Å². The van der Waals surface area contributed by atoms with E-state index in [4.69, 9.17) is 17.3 Å². The van der Waals surface area contributed by atoms with Crippen LogP contribution in [0.4, 0.5) is 5.13 Å². The van der Waals surface area contributed by atoms with E-state index in [-0.39, 0.29) is 0 Å². The molecule has 3 nitrogen and oxygen atoms in total. The minimum atomic E-state index is 0.543. The minimum Gasteiger partial charge on any atom is -0.374 e. The number of nitrogens with zero attached hydrogens (tertiary/aromatic N) is 2. The molecule has 0 aliphatic carbocycles. The Bertz CT molecular complexity index is 453. The fourth-order valence-electron chi connectivity index (χ4n) is 1.46. The summed E-state index contributed by atoms with van der Waals surface area (Å²) in [5, 5.41) is 10.1. The summed E-state index contributed by atoms with van der Waals surface area (Å²) in [7, 11) is 0. The van der Waals surface area contributed by atoms with E-state index in [0.29, 0.717) is 5.13 Å². The van der Waals surface area contributed by atoms with Crippen LogP contribution in [0.2, 0.25) is 5.02 Å². The van der Waals surface area contributed by atoms with Gasteiger partial charge in [-0.3, -0.25) is 0 Å². The Morgan fingerprint density at radius 2 is 1.88 bits per heavy atom. The highest BCUT2D eigenvalue weighted by molar-refractivity contribution is 7.15. The van der Waals surface area contributed by atoms with Gasteiger partial charge in [0.05, 0.1) is 0 Å². The lowest BCUT2D eigenvalue weighted by molar-refractivity contribution is 0.802. The first-order chi connectivity index (χ1) is 7.74. The third-order valence-electron chi connectivity index (χ3n) is 2.25. The lowest BCUT2D eigenvalue weighted by Crippen LogP contribution is -1.89. The molecule has 84 valence electrons. The number of aromatic nitrogens is 2. The van der Waals surface area contributed by atoms with Crippen LogP contribution in [0.5, 0.6) is 0 Å². The first-order valence-corrected chi connectivity index (χ1v) is 6.26. The Hall–Kier alpha value is -1.13. The Morgan fingerprint density at radius 3 is 2.50 bits per heavy atom. The van der Waals surface area contributed by atoms with Crippen LogP contribution in [-0.2, 0) is 12.8 Å². The summed E-state index contributed by atoms with van der Waals surface area (Å²) in [6, 6.07) is 7.94. The summed E-state index contributed by atoms with van der Waals surface area (Å²) < 4.78 is 0. The van der Waals surface area contributed by atoms with Crippen molar-refractivity contribution in [2.75, 3.05) is 5.73 Å². The van der Waals surface area contributed by atoms with E-state index in [0.717, 1.165) is 29.3 Å². The Kier molecular flexibility index (Phi) is 3.74. The van der Waals surface area contributed by atoms with E-state index in [9.17, 15) is 0 Å². The van der Waals surface area contributed by atoms with E-state index in [1.807, 2.05) is 12.1 Å². The fourth-order valence-corrected chi connectivity index (χ4v) is 2.24. The molecule has 1 heterocycles. The monoisotopic (exact) mass is 253 g/mol. The molecule has 0 atom stereocenters. The van der Waals surface area contributed by atoms with Crippen molar-refractivity contribution < 1.29 is 0 Å². The van der Waals surface area contributed by atoms with Gasteiger partial charge in [0.2, 0.25) is 5.13 Å². The maximum absolute atomic E-state index is 5.81. The van der Waals surface area contributed by atoms with Gasteiger partial charge in [0.25, 0.3) is 0 Å². The average molecular weight is 254 g/mol. The topological polar surface area (TPSA) is 51.8 Å². The van der Waals surface area contributed by atoms with Crippen molar-refractivity contribution in [1.82, 2.24) is 10.2 Å². The van der Waals surface area contributed by atoms with E-state index < -0.39 is 0 Å². The molecule has 1 aromatic heterocycles. The van der Waals surface area contributed by atoms with Crippen LogP contribution in [0.25, 0.3) is 0 Å². The van der Waals surface area contributed by atoms with Crippen molar-refractivity contribution in [3.63, 3.8) is 0 Å². The lowest BCUT2D eigenvalue weighted by atomic mass is 10.1. The molecule has 0 aliphatic heterocycles. The molecule has 0 spiro atoms. The number of anilines is 1. The molecule has 0 unspecified atom stereocenters. The summed E-state index contributed by atoms with van der Waals surface area (Å²) in [6.45, 7) is 0. The zero-order valence-corrected chi connectivity index (χ0v) is 10.3. The second-order valence-electron chi connectivity index (χ2n) is 3.51. The minimum absolute atomic E-state index is 0.543. The number of rotatable bonds is 4. The average Bonchev–Trinajstić information content (AvgIpc) is 2.67. The maximum Gasteiger partial charge on any atom is 0.203 e. The molecule has 0 saturated carbocycles. The standard InChI is InChI=1S/C11H12ClN3S/c12-9-6-4-8(5-7-9)2-1-3-10-14-15-11(13)16-10/h4-7H,1-3H2,(H2,13,15). The van der Waals surface area contributed by atoms with Gasteiger partial charge in [-0.25, -0.2) is 0 Å². The molecule has 5 heteroatoms. The summed E-state index contributed by atoms with van der Waals surface area (Å²) in [5.41, 5.74) is 6.80. The molecule has 2 rings (SSSR count). The summed E-state index contributed by atoms with van der Waals surface area (Å²) in [6.07, 6.45) is 3.00. The smallest absolute Gasteiger partial charge is 0.203 e. The third-order valence-corrected chi connectivity index (χ3v) is 3.32. The number of hydrogen-bond acceptors (Lipinski definition) is 4. The molecule has 2 aromatic rings. The van der Waals surface area contributed by atoms with Crippen LogP contribution in [0.1, 0.15) is 17.0 Å². The number of nitrogen functional groups attached to an aromatic ring is 1. The van der Waals surface area contributed by atoms with Crippen LogP contribution in [0.15, 0.2) is 24.3 Å². The zero-order valence-electron chi connectivity index (χ0n) is 8.69. The van der Waals surface area contributed by atoms with E-state index in [1.165, 1.54) is 16.9 Å². The molecule has 1 aromatic carbocycles. The van der Waals surface area contributed by atoms with E-state index in [2.05, 4.69) is 22.3 Å². The number of hydrogen-bond donors (Lipinski definition) is 1. The molecular weight excluding hydrogens is 242 g/mol. The Balaban J connectivity index is 1.82. The van der Waals surface area contributed by atoms with Crippen molar-refractivity contribution in [1.29, 1.82) is 0 Å². The molecule has 0 fully saturated rings. The van der Waals surface area contributed by atoms with Gasteiger partial charge in [0, 0.05) is 11.4 Å². The van der Waals surface area contributed by atoms with Crippen molar-refractivity contribution in [2.45, 2.75) is 19.3 Å². The predicted molar refractivity (Wildman–Crippen MR) is 67.8 cm³/mol. The normalized spacial score (nSPS) is 10.6. The summed E-state index contributed by atoms with van der Waals surface area (Å²) in [4.78, 5) is 0. The Morgan fingerprint density at radius 1 is 1.12 bits per heavy atom. The quantitative estimate of drug-likeness (QED) is 0.912. The molecule has 0 aliphatic rings. The van der Waals surface area contributed by atoms with Gasteiger partial charge in [-0.1, -0.05) is 35.1 Å². The van der Waals surface area contributed by atoms with Crippen LogP contribution in [0.3, 0.4) is 0 Å². The van der Waals surface area contributed by atoms with Crippen molar-refractivity contribution in [3.05, 3.63) is 39.9 Å². The van der Waals surface area contributed by atoms with Crippen molar-refractivity contribution in [3.8, 4) is 0 Å². The summed E-state index contributed by atoms with van der Waals surface area (Å²) >= 11 is 7.27. The van der Waals surface area contributed by atoms with Crippen LogP contribution >= 0.6 is 22.9 Å². The van der Waals surface area contributed by atoms with Crippen molar-refractivity contribution in [2.24, 2.45) is 0 Å². The number of aryl methyl sites for hydroxylation is 2. The van der Waals surface area contributed by atoms with E-state index >= 15 is 0 Å². The lowest BCUT2D eigenvalue weighted by Gasteiger charge is -1.99. The third kappa shape index (κ3) is 3.18. The molecule has 0 amide bonds. The van der Waals surface area contributed by atoms with Gasteiger partial charge < -0.3 is 5.73 Å². The van der Waals surface area contributed by atoms with Gasteiger partial charge in [-0.15, -0.1) is 10.2 Å². The molecule has 16 heavy (non-hydrogen) atoms. The van der Waals surface area contributed by atoms with Crippen LogP contribution in [-0.4, -0.2) is 10.2 Å². The molecule has 0 saturated heterocycles. The second-order valence-corrected chi connectivity index (χ2v) is 5.04. The first kappa shape index (κ1) is 11.4. The highest BCUT2D eigenvalue weighted by Crippen LogP contribution is 2.15. The molecule has 0 bridgehead atoms. The largest absolute Gasteiger partial charge is 0.374 e. The highest BCUT2D eigenvalue weighted by atomic mass is 35.5. The maximum atomic E-state index is 5.81. The van der Waals surface area contributed by atoms with Gasteiger partial charge >= 0.3 is 0 Å². The van der Waals surface area contributed by atoms with Gasteiger partial charge in [-0.05, 0) is 30.5 Å². The molecule has 0 radical (unpaired) electrons. The number of nitrogens with two attached hydrogens (primary N) is 1. The first-order valence-electron chi connectivity index (χ1n) is 5.06.